The van der Waals surface area contributed by atoms with E-state index in [0.717, 1.165) is 11.3 Å². The highest BCUT2D eigenvalue weighted by atomic mass is 19.4. The van der Waals surface area contributed by atoms with Crippen molar-refractivity contribution in [3.05, 3.63) is 29.6 Å². The molecule has 0 aliphatic heterocycles. The fourth-order valence-electron chi connectivity index (χ4n) is 0.983. The Bertz CT molecular complexity index is 393. The summed E-state index contributed by atoms with van der Waals surface area (Å²) in [6, 6.07) is 1.87. The van der Waals surface area contributed by atoms with Gasteiger partial charge in [-0.15, -0.1) is 0 Å². The molecule has 0 radical (unpaired) electrons. The second kappa shape index (κ2) is 4.48. The summed E-state index contributed by atoms with van der Waals surface area (Å²) in [5.41, 5.74) is -1.24. The number of nitrogens with zero attached hydrogens (tertiary/aromatic N) is 2. The molecule has 1 aromatic rings. The van der Waals surface area contributed by atoms with Crippen molar-refractivity contribution in [2.75, 3.05) is 14.2 Å². The van der Waals surface area contributed by atoms with Gasteiger partial charge in [-0.2, -0.15) is 13.2 Å². The zero-order valence-corrected chi connectivity index (χ0v) is 8.58. The van der Waals surface area contributed by atoms with E-state index < -0.39 is 17.8 Å². The Morgan fingerprint density at radius 1 is 1.50 bits per heavy atom. The molecule has 0 atom stereocenters. The second-order valence-electron chi connectivity index (χ2n) is 2.91. The van der Waals surface area contributed by atoms with E-state index in [4.69, 9.17) is 0 Å². The lowest BCUT2D eigenvalue weighted by Crippen LogP contribution is -2.25. The average molecular weight is 234 g/mol. The lowest BCUT2D eigenvalue weighted by molar-refractivity contribution is -0.141. The van der Waals surface area contributed by atoms with Crippen LogP contribution in [0.5, 0.6) is 0 Å². The fraction of sp³-hybridized carbons (Fsp3) is 0.333. The van der Waals surface area contributed by atoms with Crippen molar-refractivity contribution >= 4 is 5.91 Å². The molecule has 0 aromatic carbocycles. The highest BCUT2D eigenvalue weighted by Gasteiger charge is 2.33. The summed E-state index contributed by atoms with van der Waals surface area (Å²) in [5.74, 6) is -0.671. The van der Waals surface area contributed by atoms with Crippen LogP contribution in [0.2, 0.25) is 0 Å². The number of halogens is 3. The second-order valence-corrected chi connectivity index (χ2v) is 2.91. The third-order valence-electron chi connectivity index (χ3n) is 1.86. The third kappa shape index (κ3) is 2.69. The number of hydroxylamine groups is 2. The van der Waals surface area contributed by atoms with Crippen molar-refractivity contribution in [1.82, 2.24) is 10.0 Å². The lowest BCUT2D eigenvalue weighted by Gasteiger charge is -2.14. The molecular formula is C9H9F3N2O2. The maximum atomic E-state index is 12.3. The topological polar surface area (TPSA) is 42.4 Å². The molecule has 7 heteroatoms. The minimum absolute atomic E-state index is 0.133. The summed E-state index contributed by atoms with van der Waals surface area (Å²) in [6.45, 7) is 0. The maximum Gasteiger partial charge on any atom is 0.433 e. The molecule has 0 fully saturated rings. The number of aromatic nitrogens is 1. The van der Waals surface area contributed by atoms with Crippen molar-refractivity contribution in [3.8, 4) is 0 Å². The van der Waals surface area contributed by atoms with Crippen LogP contribution in [0.3, 0.4) is 0 Å². The number of alkyl halides is 3. The Labute approximate surface area is 89.6 Å². The van der Waals surface area contributed by atoms with E-state index in [2.05, 4.69) is 9.82 Å². The zero-order valence-electron chi connectivity index (χ0n) is 8.58. The molecule has 0 N–H and O–H groups in total. The minimum atomic E-state index is -4.57. The number of carbonyl (C=O) groups excluding carboxylic acids is 1. The van der Waals surface area contributed by atoms with Gasteiger partial charge >= 0.3 is 6.18 Å². The highest BCUT2D eigenvalue weighted by molar-refractivity contribution is 5.93. The van der Waals surface area contributed by atoms with Gasteiger partial charge in [0.05, 0.1) is 7.11 Å². The molecule has 1 amide bonds. The lowest BCUT2D eigenvalue weighted by atomic mass is 10.2. The smallest absolute Gasteiger partial charge is 0.274 e. The van der Waals surface area contributed by atoms with E-state index in [-0.39, 0.29) is 5.56 Å². The van der Waals surface area contributed by atoms with Gasteiger partial charge in [0.2, 0.25) is 0 Å². The molecule has 0 bridgehead atoms. The molecule has 4 nitrogen and oxygen atoms in total. The highest BCUT2D eigenvalue weighted by Crippen LogP contribution is 2.27. The summed E-state index contributed by atoms with van der Waals surface area (Å²) < 4.78 is 36.9. The number of pyridine rings is 1. The molecule has 0 saturated heterocycles. The van der Waals surface area contributed by atoms with Crippen LogP contribution in [0.1, 0.15) is 16.1 Å². The van der Waals surface area contributed by atoms with E-state index in [1.165, 1.54) is 20.2 Å². The molecular weight excluding hydrogens is 225 g/mol. The van der Waals surface area contributed by atoms with Gasteiger partial charge < -0.3 is 0 Å². The van der Waals surface area contributed by atoms with Crippen LogP contribution in [0.15, 0.2) is 18.3 Å². The quantitative estimate of drug-likeness (QED) is 0.732. The van der Waals surface area contributed by atoms with Crippen LogP contribution in [0, 0.1) is 0 Å². The molecule has 0 aliphatic rings. The van der Waals surface area contributed by atoms with Crippen molar-refractivity contribution in [2.24, 2.45) is 0 Å². The Balaban J connectivity index is 3.04. The van der Waals surface area contributed by atoms with Gasteiger partial charge in [0.1, 0.15) is 5.69 Å². The average Bonchev–Trinajstić information content (AvgIpc) is 2.26. The number of rotatable bonds is 2. The number of carbonyl (C=O) groups is 1. The van der Waals surface area contributed by atoms with E-state index in [0.29, 0.717) is 6.07 Å². The Hall–Kier alpha value is -1.63. The molecule has 16 heavy (non-hydrogen) atoms. The summed E-state index contributed by atoms with van der Waals surface area (Å²) in [6.07, 6.45) is -3.64. The Kier molecular flexibility index (Phi) is 3.48. The monoisotopic (exact) mass is 234 g/mol. The Morgan fingerprint density at radius 2 is 2.12 bits per heavy atom. The number of hydrogen-bond acceptors (Lipinski definition) is 3. The summed E-state index contributed by atoms with van der Waals surface area (Å²) in [4.78, 5) is 19.2. The molecule has 0 spiro atoms. The molecule has 1 aromatic heterocycles. The van der Waals surface area contributed by atoms with Crippen LogP contribution in [-0.4, -0.2) is 30.1 Å². The minimum Gasteiger partial charge on any atom is -0.274 e. The third-order valence-corrected chi connectivity index (χ3v) is 1.86. The van der Waals surface area contributed by atoms with Crippen molar-refractivity contribution in [1.29, 1.82) is 0 Å². The first-order chi connectivity index (χ1) is 7.36. The Morgan fingerprint density at radius 3 is 2.62 bits per heavy atom. The molecule has 1 rings (SSSR count). The van der Waals surface area contributed by atoms with Crippen LogP contribution < -0.4 is 0 Å². The van der Waals surface area contributed by atoms with Crippen molar-refractivity contribution in [2.45, 2.75) is 6.18 Å². The van der Waals surface area contributed by atoms with Gasteiger partial charge in [-0.25, -0.2) is 5.06 Å². The van der Waals surface area contributed by atoms with E-state index in [1.807, 2.05) is 0 Å². The molecule has 1 heterocycles. The van der Waals surface area contributed by atoms with Crippen molar-refractivity contribution in [3.63, 3.8) is 0 Å². The molecule has 0 saturated carbocycles. The maximum absolute atomic E-state index is 12.3. The number of hydrogen-bond donors (Lipinski definition) is 0. The van der Waals surface area contributed by atoms with E-state index in [1.54, 1.807) is 0 Å². The summed E-state index contributed by atoms with van der Waals surface area (Å²) in [5, 5.41) is 0.829. The molecule has 0 unspecified atom stereocenters. The van der Waals surface area contributed by atoms with Gasteiger partial charge in [0, 0.05) is 18.8 Å². The fourth-order valence-corrected chi connectivity index (χ4v) is 0.983. The SMILES string of the molecule is CON(C)C(=O)c1ccnc(C(F)(F)F)c1. The van der Waals surface area contributed by atoms with Crippen LogP contribution >= 0.6 is 0 Å². The van der Waals surface area contributed by atoms with Gasteiger partial charge in [-0.05, 0) is 12.1 Å². The first-order valence-corrected chi connectivity index (χ1v) is 4.21. The zero-order chi connectivity index (χ0) is 12.3. The predicted octanol–water partition coefficient (Wildman–Crippen LogP) is 1.73. The largest absolute Gasteiger partial charge is 0.433 e. The van der Waals surface area contributed by atoms with Gasteiger partial charge in [-0.3, -0.25) is 14.6 Å². The predicted molar refractivity (Wildman–Crippen MR) is 48.3 cm³/mol. The summed E-state index contributed by atoms with van der Waals surface area (Å²) >= 11 is 0. The normalized spacial score (nSPS) is 11.3. The van der Waals surface area contributed by atoms with E-state index in [9.17, 15) is 18.0 Å². The molecule has 0 aliphatic carbocycles. The van der Waals surface area contributed by atoms with E-state index >= 15 is 0 Å². The van der Waals surface area contributed by atoms with Crippen LogP contribution in [0.4, 0.5) is 13.2 Å². The molecule has 88 valence electrons. The first-order valence-electron chi connectivity index (χ1n) is 4.21. The van der Waals surface area contributed by atoms with Gasteiger partial charge in [-0.1, -0.05) is 0 Å². The summed E-state index contributed by atoms with van der Waals surface area (Å²) in [7, 11) is 2.54. The van der Waals surface area contributed by atoms with Crippen molar-refractivity contribution < 1.29 is 22.8 Å². The van der Waals surface area contributed by atoms with Crippen LogP contribution in [0.25, 0.3) is 0 Å². The number of amides is 1. The van der Waals surface area contributed by atoms with Gasteiger partial charge in [0.15, 0.2) is 0 Å². The van der Waals surface area contributed by atoms with Crippen LogP contribution in [-0.2, 0) is 11.0 Å². The standard InChI is InChI=1S/C9H9F3N2O2/c1-14(16-2)8(15)6-3-4-13-7(5-6)9(10,11)12/h3-5H,1-2H3. The first kappa shape index (κ1) is 12.4. The van der Waals surface area contributed by atoms with Gasteiger partial charge in [0.25, 0.3) is 5.91 Å².